The Morgan fingerprint density at radius 3 is 2.14 bits per heavy atom. The SMILES string of the molecule is C=C/C=C1/CC(C(=O)OC)(C(=O)OC)CC1C(C)(C)OC. The summed E-state index contributed by atoms with van der Waals surface area (Å²) >= 11 is 0. The Balaban J connectivity index is 3.34. The average molecular weight is 296 g/mol. The summed E-state index contributed by atoms with van der Waals surface area (Å²) in [7, 11) is 4.17. The van der Waals surface area contributed by atoms with Crippen molar-refractivity contribution < 1.29 is 23.8 Å². The fraction of sp³-hybridized carbons (Fsp3) is 0.625. The van der Waals surface area contributed by atoms with Crippen molar-refractivity contribution in [1.29, 1.82) is 0 Å². The summed E-state index contributed by atoms with van der Waals surface area (Å²) in [6, 6.07) is 0. The number of rotatable bonds is 5. The summed E-state index contributed by atoms with van der Waals surface area (Å²) in [6.07, 6.45) is 4.04. The van der Waals surface area contributed by atoms with Crippen LogP contribution in [-0.2, 0) is 23.8 Å². The Bertz CT molecular complexity index is 445. The topological polar surface area (TPSA) is 61.8 Å². The molecule has 0 aromatic heterocycles. The highest BCUT2D eigenvalue weighted by atomic mass is 16.5. The van der Waals surface area contributed by atoms with E-state index in [4.69, 9.17) is 14.2 Å². The predicted molar refractivity (Wildman–Crippen MR) is 78.6 cm³/mol. The van der Waals surface area contributed by atoms with Crippen LogP contribution in [0, 0.1) is 11.3 Å². The minimum Gasteiger partial charge on any atom is -0.468 e. The molecule has 118 valence electrons. The van der Waals surface area contributed by atoms with Crippen molar-refractivity contribution in [3.63, 3.8) is 0 Å². The molecule has 0 heterocycles. The maximum absolute atomic E-state index is 12.2. The third-order valence-electron chi connectivity index (χ3n) is 4.36. The van der Waals surface area contributed by atoms with Crippen LogP contribution < -0.4 is 0 Å². The number of carbonyl (C=O) groups is 2. The van der Waals surface area contributed by atoms with Crippen molar-refractivity contribution in [3.05, 3.63) is 24.3 Å². The molecule has 1 aliphatic carbocycles. The van der Waals surface area contributed by atoms with Gasteiger partial charge in [-0.1, -0.05) is 24.3 Å². The molecule has 1 fully saturated rings. The Morgan fingerprint density at radius 1 is 1.24 bits per heavy atom. The summed E-state index contributed by atoms with van der Waals surface area (Å²) in [5, 5.41) is 0. The van der Waals surface area contributed by atoms with Crippen LogP contribution in [0.3, 0.4) is 0 Å². The first-order valence-electron chi connectivity index (χ1n) is 6.82. The molecular formula is C16H24O5. The molecule has 0 saturated heterocycles. The van der Waals surface area contributed by atoms with Crippen LogP contribution in [0.1, 0.15) is 26.7 Å². The van der Waals surface area contributed by atoms with Gasteiger partial charge in [-0.25, -0.2) is 0 Å². The largest absolute Gasteiger partial charge is 0.468 e. The molecular weight excluding hydrogens is 272 g/mol. The third kappa shape index (κ3) is 3.02. The second kappa shape index (κ2) is 6.43. The number of esters is 2. The van der Waals surface area contributed by atoms with Gasteiger partial charge in [0, 0.05) is 13.0 Å². The average Bonchev–Trinajstić information content (AvgIpc) is 2.87. The van der Waals surface area contributed by atoms with Gasteiger partial charge in [-0.2, -0.15) is 0 Å². The maximum atomic E-state index is 12.2. The Labute approximate surface area is 125 Å². The highest BCUT2D eigenvalue weighted by molar-refractivity contribution is 6.01. The van der Waals surface area contributed by atoms with E-state index in [1.54, 1.807) is 13.2 Å². The maximum Gasteiger partial charge on any atom is 0.323 e. The van der Waals surface area contributed by atoms with Crippen LogP contribution in [0.25, 0.3) is 0 Å². The van der Waals surface area contributed by atoms with Gasteiger partial charge in [0.25, 0.3) is 0 Å². The number of hydrogen-bond donors (Lipinski definition) is 0. The zero-order valence-electron chi connectivity index (χ0n) is 13.4. The van der Waals surface area contributed by atoms with E-state index in [1.165, 1.54) is 14.2 Å². The number of ether oxygens (including phenoxy) is 3. The van der Waals surface area contributed by atoms with Gasteiger partial charge in [0.2, 0.25) is 0 Å². The Hall–Kier alpha value is -1.62. The highest BCUT2D eigenvalue weighted by Gasteiger charge is 2.58. The lowest BCUT2D eigenvalue weighted by Gasteiger charge is -2.32. The van der Waals surface area contributed by atoms with Crippen LogP contribution in [0.2, 0.25) is 0 Å². The molecule has 1 saturated carbocycles. The molecule has 0 radical (unpaired) electrons. The first kappa shape index (κ1) is 17.4. The molecule has 1 rings (SSSR count). The van der Waals surface area contributed by atoms with Crippen LogP contribution >= 0.6 is 0 Å². The van der Waals surface area contributed by atoms with Crippen molar-refractivity contribution in [3.8, 4) is 0 Å². The Kier molecular flexibility index (Phi) is 5.34. The number of carbonyl (C=O) groups excluding carboxylic acids is 2. The highest BCUT2D eigenvalue weighted by Crippen LogP contribution is 2.51. The molecule has 0 aliphatic heterocycles. The molecule has 0 bridgehead atoms. The van der Waals surface area contributed by atoms with Crippen LogP contribution in [0.15, 0.2) is 24.3 Å². The molecule has 1 atom stereocenters. The molecule has 21 heavy (non-hydrogen) atoms. The fourth-order valence-electron chi connectivity index (χ4n) is 2.97. The van der Waals surface area contributed by atoms with Crippen molar-refractivity contribution in [2.24, 2.45) is 11.3 Å². The zero-order chi connectivity index (χ0) is 16.3. The predicted octanol–water partition coefficient (Wildman–Crippen LogP) is 2.27. The van der Waals surface area contributed by atoms with E-state index in [0.29, 0.717) is 6.42 Å². The van der Waals surface area contributed by atoms with E-state index in [1.807, 2.05) is 19.9 Å². The van der Waals surface area contributed by atoms with Gasteiger partial charge in [0.15, 0.2) is 5.41 Å². The first-order chi connectivity index (χ1) is 9.78. The van der Waals surface area contributed by atoms with E-state index in [0.717, 1.165) is 5.57 Å². The standard InChI is InChI=1S/C16H24O5/c1-7-8-11-9-16(13(17)19-4,14(18)20-5)10-12(11)15(2,3)21-6/h7-8,12H,1,9-10H2,2-6H3/b11-8-. The lowest BCUT2D eigenvalue weighted by atomic mass is 9.81. The molecule has 5 nitrogen and oxygen atoms in total. The molecule has 1 unspecified atom stereocenters. The summed E-state index contributed by atoms with van der Waals surface area (Å²) in [5.41, 5.74) is -0.884. The summed E-state index contributed by atoms with van der Waals surface area (Å²) in [6.45, 7) is 7.55. The van der Waals surface area contributed by atoms with Crippen molar-refractivity contribution in [2.75, 3.05) is 21.3 Å². The molecule has 0 spiro atoms. The molecule has 0 aromatic rings. The molecule has 5 heteroatoms. The third-order valence-corrected chi connectivity index (χ3v) is 4.36. The molecule has 0 amide bonds. The molecule has 0 N–H and O–H groups in total. The van der Waals surface area contributed by atoms with E-state index in [-0.39, 0.29) is 12.3 Å². The van der Waals surface area contributed by atoms with Gasteiger partial charge < -0.3 is 14.2 Å². The van der Waals surface area contributed by atoms with Gasteiger partial charge in [-0.3, -0.25) is 9.59 Å². The smallest absolute Gasteiger partial charge is 0.323 e. The summed E-state index contributed by atoms with van der Waals surface area (Å²) in [4.78, 5) is 24.5. The van der Waals surface area contributed by atoms with Crippen molar-refractivity contribution in [1.82, 2.24) is 0 Å². The first-order valence-corrected chi connectivity index (χ1v) is 6.82. The van der Waals surface area contributed by atoms with Crippen molar-refractivity contribution >= 4 is 11.9 Å². The number of hydrogen-bond acceptors (Lipinski definition) is 5. The van der Waals surface area contributed by atoms with Crippen LogP contribution in [-0.4, -0.2) is 38.9 Å². The number of methoxy groups -OCH3 is 3. The quantitative estimate of drug-likeness (QED) is 0.575. The summed E-state index contributed by atoms with van der Waals surface area (Å²) in [5.74, 6) is -1.24. The van der Waals surface area contributed by atoms with Gasteiger partial charge in [0.05, 0.1) is 19.8 Å². The van der Waals surface area contributed by atoms with Crippen molar-refractivity contribution in [2.45, 2.75) is 32.3 Å². The monoisotopic (exact) mass is 296 g/mol. The van der Waals surface area contributed by atoms with E-state index in [2.05, 4.69) is 6.58 Å². The normalized spacial score (nSPS) is 22.9. The van der Waals surface area contributed by atoms with E-state index < -0.39 is 23.0 Å². The number of allylic oxidation sites excluding steroid dienone is 2. The second-order valence-corrected chi connectivity index (χ2v) is 5.78. The second-order valence-electron chi connectivity index (χ2n) is 5.78. The zero-order valence-corrected chi connectivity index (χ0v) is 13.4. The van der Waals surface area contributed by atoms with E-state index in [9.17, 15) is 9.59 Å². The Morgan fingerprint density at radius 2 is 1.76 bits per heavy atom. The summed E-state index contributed by atoms with van der Waals surface area (Å²) < 4.78 is 15.2. The minimum absolute atomic E-state index is 0.0984. The van der Waals surface area contributed by atoms with E-state index >= 15 is 0 Å². The van der Waals surface area contributed by atoms with Gasteiger partial charge in [0.1, 0.15) is 0 Å². The van der Waals surface area contributed by atoms with Crippen LogP contribution in [0.4, 0.5) is 0 Å². The van der Waals surface area contributed by atoms with Crippen LogP contribution in [0.5, 0.6) is 0 Å². The lowest BCUT2D eigenvalue weighted by molar-refractivity contribution is -0.169. The lowest BCUT2D eigenvalue weighted by Crippen LogP contribution is -2.41. The van der Waals surface area contributed by atoms with Gasteiger partial charge in [-0.05, 0) is 26.7 Å². The molecule has 0 aromatic carbocycles. The molecule has 1 aliphatic rings. The minimum atomic E-state index is -1.31. The van der Waals surface area contributed by atoms with Gasteiger partial charge in [-0.15, -0.1) is 0 Å². The van der Waals surface area contributed by atoms with Gasteiger partial charge >= 0.3 is 11.9 Å². The fourth-order valence-corrected chi connectivity index (χ4v) is 2.97.